The SMILES string of the molecule is O=C(Nc1ccnc(OCc2ccccc2)c1)N1CCN2CCCCC2C1. The highest BCUT2D eigenvalue weighted by Crippen LogP contribution is 2.22. The molecule has 3 heterocycles. The number of carbonyl (C=O) groups excluding carboxylic acids is 1. The van der Waals surface area contributed by atoms with Gasteiger partial charge in [-0.1, -0.05) is 36.8 Å². The van der Waals surface area contributed by atoms with Crippen molar-refractivity contribution in [2.45, 2.75) is 31.9 Å². The monoisotopic (exact) mass is 366 g/mol. The van der Waals surface area contributed by atoms with Gasteiger partial charge in [-0.25, -0.2) is 9.78 Å². The number of hydrogen-bond donors (Lipinski definition) is 1. The molecule has 1 unspecified atom stereocenters. The number of aromatic nitrogens is 1. The molecule has 0 aliphatic carbocycles. The van der Waals surface area contributed by atoms with E-state index >= 15 is 0 Å². The minimum Gasteiger partial charge on any atom is -0.473 e. The van der Waals surface area contributed by atoms with Crippen LogP contribution in [0.5, 0.6) is 5.88 Å². The van der Waals surface area contributed by atoms with Crippen molar-refractivity contribution in [2.24, 2.45) is 0 Å². The van der Waals surface area contributed by atoms with Gasteiger partial charge in [0.05, 0.1) is 0 Å². The summed E-state index contributed by atoms with van der Waals surface area (Å²) in [5.74, 6) is 0.508. The van der Waals surface area contributed by atoms with Crippen LogP contribution in [0.2, 0.25) is 0 Å². The van der Waals surface area contributed by atoms with E-state index in [1.54, 1.807) is 18.3 Å². The maximum atomic E-state index is 12.7. The van der Waals surface area contributed by atoms with E-state index in [1.807, 2.05) is 35.2 Å². The average molecular weight is 366 g/mol. The zero-order valence-electron chi connectivity index (χ0n) is 15.5. The summed E-state index contributed by atoms with van der Waals surface area (Å²) in [7, 11) is 0. The molecule has 2 aromatic rings. The molecule has 0 spiro atoms. The molecular formula is C21H26N4O2. The lowest BCUT2D eigenvalue weighted by molar-refractivity contribution is 0.0678. The predicted octanol–water partition coefficient (Wildman–Crippen LogP) is 3.36. The Bertz CT molecular complexity index is 768. The van der Waals surface area contributed by atoms with Gasteiger partial charge in [0.25, 0.3) is 0 Å². The van der Waals surface area contributed by atoms with Gasteiger partial charge in [-0.2, -0.15) is 0 Å². The standard InChI is InChI=1S/C21H26N4O2/c26-21(25-13-12-24-11-5-4-8-19(24)15-25)23-18-9-10-22-20(14-18)27-16-17-6-2-1-3-7-17/h1-3,6-7,9-10,14,19H,4-5,8,11-13,15-16H2,(H,22,23,26). The number of rotatable bonds is 4. The molecule has 1 atom stereocenters. The van der Waals surface area contributed by atoms with Crippen molar-refractivity contribution in [1.29, 1.82) is 0 Å². The van der Waals surface area contributed by atoms with Crippen LogP contribution >= 0.6 is 0 Å². The lowest BCUT2D eigenvalue weighted by Crippen LogP contribution is -2.56. The van der Waals surface area contributed by atoms with Crippen LogP contribution < -0.4 is 10.1 Å². The van der Waals surface area contributed by atoms with Gasteiger partial charge >= 0.3 is 6.03 Å². The molecule has 2 aliphatic heterocycles. The third kappa shape index (κ3) is 4.57. The molecule has 0 bridgehead atoms. The second kappa shape index (κ2) is 8.39. The fourth-order valence-corrected chi connectivity index (χ4v) is 3.84. The van der Waals surface area contributed by atoms with Crippen LogP contribution in [-0.2, 0) is 6.61 Å². The number of anilines is 1. The predicted molar refractivity (Wildman–Crippen MR) is 105 cm³/mol. The van der Waals surface area contributed by atoms with E-state index in [1.165, 1.54) is 25.8 Å². The minimum absolute atomic E-state index is 0.0413. The van der Waals surface area contributed by atoms with E-state index in [2.05, 4.69) is 15.2 Å². The van der Waals surface area contributed by atoms with Crippen LogP contribution in [0.25, 0.3) is 0 Å². The third-order valence-electron chi connectivity index (χ3n) is 5.34. The Morgan fingerprint density at radius 2 is 2.04 bits per heavy atom. The fraction of sp³-hybridized carbons (Fsp3) is 0.429. The van der Waals surface area contributed by atoms with Crippen LogP contribution in [0.3, 0.4) is 0 Å². The normalized spacial score (nSPS) is 20.0. The van der Waals surface area contributed by atoms with Gasteiger partial charge in [0.1, 0.15) is 6.61 Å². The maximum Gasteiger partial charge on any atom is 0.321 e. The highest BCUT2D eigenvalue weighted by atomic mass is 16.5. The lowest BCUT2D eigenvalue weighted by atomic mass is 10.00. The number of nitrogens with zero attached hydrogens (tertiary/aromatic N) is 3. The zero-order chi connectivity index (χ0) is 18.5. The molecule has 0 radical (unpaired) electrons. The average Bonchev–Trinajstić information content (AvgIpc) is 2.73. The summed E-state index contributed by atoms with van der Waals surface area (Å²) < 4.78 is 5.75. The molecule has 2 saturated heterocycles. The zero-order valence-corrected chi connectivity index (χ0v) is 15.5. The Morgan fingerprint density at radius 1 is 1.15 bits per heavy atom. The minimum atomic E-state index is -0.0413. The number of benzene rings is 1. The smallest absolute Gasteiger partial charge is 0.321 e. The number of nitrogens with one attached hydrogen (secondary N) is 1. The van der Waals surface area contributed by atoms with Crippen molar-refractivity contribution >= 4 is 11.7 Å². The van der Waals surface area contributed by atoms with E-state index in [0.29, 0.717) is 24.2 Å². The van der Waals surface area contributed by atoms with Gasteiger partial charge in [0, 0.05) is 43.6 Å². The van der Waals surface area contributed by atoms with E-state index in [0.717, 1.165) is 25.2 Å². The first-order chi connectivity index (χ1) is 13.3. The molecule has 1 N–H and O–H groups in total. The lowest BCUT2D eigenvalue weighted by Gasteiger charge is -2.43. The molecule has 2 fully saturated rings. The molecule has 1 aromatic carbocycles. The van der Waals surface area contributed by atoms with Gasteiger partial charge in [-0.3, -0.25) is 4.90 Å². The number of urea groups is 1. The van der Waals surface area contributed by atoms with Gasteiger partial charge in [-0.15, -0.1) is 0 Å². The summed E-state index contributed by atoms with van der Waals surface area (Å²) in [6.45, 7) is 4.19. The van der Waals surface area contributed by atoms with Crippen molar-refractivity contribution in [1.82, 2.24) is 14.8 Å². The number of hydrogen-bond acceptors (Lipinski definition) is 4. The first-order valence-electron chi connectivity index (χ1n) is 9.71. The Morgan fingerprint density at radius 3 is 2.93 bits per heavy atom. The Balaban J connectivity index is 1.33. The summed E-state index contributed by atoms with van der Waals surface area (Å²) in [5.41, 5.74) is 1.79. The van der Waals surface area contributed by atoms with Crippen LogP contribution in [0, 0.1) is 0 Å². The van der Waals surface area contributed by atoms with Crippen LogP contribution in [-0.4, -0.2) is 53.0 Å². The first-order valence-corrected chi connectivity index (χ1v) is 9.71. The molecule has 0 saturated carbocycles. The molecule has 142 valence electrons. The molecule has 6 nitrogen and oxygen atoms in total. The Kier molecular flexibility index (Phi) is 5.53. The second-order valence-electron chi connectivity index (χ2n) is 7.22. The highest BCUT2D eigenvalue weighted by Gasteiger charge is 2.30. The van der Waals surface area contributed by atoms with Crippen molar-refractivity contribution in [3.8, 4) is 5.88 Å². The number of carbonyl (C=O) groups is 1. The van der Waals surface area contributed by atoms with Crippen LogP contribution in [0.4, 0.5) is 10.5 Å². The van der Waals surface area contributed by atoms with E-state index in [4.69, 9.17) is 4.74 Å². The number of piperidine rings is 1. The molecule has 6 heteroatoms. The van der Waals surface area contributed by atoms with Crippen molar-refractivity contribution < 1.29 is 9.53 Å². The van der Waals surface area contributed by atoms with Crippen molar-refractivity contribution in [3.63, 3.8) is 0 Å². The number of pyridine rings is 1. The molecule has 2 amide bonds. The largest absolute Gasteiger partial charge is 0.473 e. The molecule has 4 rings (SSSR count). The van der Waals surface area contributed by atoms with Crippen molar-refractivity contribution in [2.75, 3.05) is 31.5 Å². The second-order valence-corrected chi connectivity index (χ2v) is 7.22. The van der Waals surface area contributed by atoms with Gasteiger partial charge in [-0.05, 0) is 31.0 Å². The summed E-state index contributed by atoms with van der Waals surface area (Å²) in [5, 5.41) is 2.99. The number of ether oxygens (including phenoxy) is 1. The third-order valence-corrected chi connectivity index (χ3v) is 5.34. The summed E-state index contributed by atoms with van der Waals surface area (Å²) in [6.07, 6.45) is 5.40. The van der Waals surface area contributed by atoms with Gasteiger partial charge < -0.3 is 15.0 Å². The topological polar surface area (TPSA) is 57.7 Å². The Hall–Kier alpha value is -2.60. The summed E-state index contributed by atoms with van der Waals surface area (Å²) >= 11 is 0. The van der Waals surface area contributed by atoms with Crippen LogP contribution in [0.15, 0.2) is 48.7 Å². The van der Waals surface area contributed by atoms with Crippen molar-refractivity contribution in [3.05, 3.63) is 54.2 Å². The molecular weight excluding hydrogens is 340 g/mol. The maximum absolute atomic E-state index is 12.7. The van der Waals surface area contributed by atoms with Gasteiger partial charge in [0.15, 0.2) is 0 Å². The fourth-order valence-electron chi connectivity index (χ4n) is 3.84. The summed E-state index contributed by atoms with van der Waals surface area (Å²) in [4.78, 5) is 21.4. The van der Waals surface area contributed by atoms with Crippen LogP contribution in [0.1, 0.15) is 24.8 Å². The summed E-state index contributed by atoms with van der Waals surface area (Å²) in [6, 6.07) is 14.0. The number of amides is 2. The number of piperazine rings is 1. The number of fused-ring (bicyclic) bond motifs is 1. The van der Waals surface area contributed by atoms with E-state index < -0.39 is 0 Å². The molecule has 27 heavy (non-hydrogen) atoms. The quantitative estimate of drug-likeness (QED) is 0.901. The molecule has 1 aromatic heterocycles. The van der Waals surface area contributed by atoms with Gasteiger partial charge in [0.2, 0.25) is 5.88 Å². The van der Waals surface area contributed by atoms with E-state index in [9.17, 15) is 4.79 Å². The Labute approximate surface area is 160 Å². The molecule has 2 aliphatic rings. The first kappa shape index (κ1) is 17.8. The van der Waals surface area contributed by atoms with E-state index in [-0.39, 0.29) is 6.03 Å². The highest BCUT2D eigenvalue weighted by molar-refractivity contribution is 5.89.